The lowest BCUT2D eigenvalue weighted by Crippen LogP contribution is -2.21. The summed E-state index contributed by atoms with van der Waals surface area (Å²) in [5.74, 6) is 0.938. The van der Waals surface area contributed by atoms with Crippen LogP contribution in [0.3, 0.4) is 0 Å². The molecule has 0 aliphatic rings. The fourth-order valence-electron chi connectivity index (χ4n) is 2.63. The number of rotatable bonds is 6. The Kier molecular flexibility index (Phi) is 5.23. The summed E-state index contributed by atoms with van der Waals surface area (Å²) in [7, 11) is 0. The Hall–Kier alpha value is -2.95. The second-order valence-corrected chi connectivity index (χ2v) is 5.66. The first-order chi connectivity index (χ1) is 12.2. The van der Waals surface area contributed by atoms with Gasteiger partial charge in [-0.2, -0.15) is 4.98 Å². The number of nitrogens with one attached hydrogen (secondary N) is 1. The third-order valence-electron chi connectivity index (χ3n) is 3.94. The number of aromatic nitrogens is 2. The smallest absolute Gasteiger partial charge is 0.262 e. The molecular weight excluding hydrogens is 314 g/mol. The minimum absolute atomic E-state index is 0.0950. The molecule has 0 unspecified atom stereocenters. The minimum Gasteiger partial charge on any atom is -0.467 e. The highest BCUT2D eigenvalue weighted by Crippen LogP contribution is 2.22. The normalized spacial score (nSPS) is 10.6. The molecule has 0 atom stereocenters. The Morgan fingerprint density at radius 3 is 2.56 bits per heavy atom. The van der Waals surface area contributed by atoms with Gasteiger partial charge in [-0.25, -0.2) is 4.98 Å². The van der Waals surface area contributed by atoms with Crippen molar-refractivity contribution in [1.29, 1.82) is 0 Å². The third kappa shape index (κ3) is 3.94. The van der Waals surface area contributed by atoms with E-state index >= 15 is 0 Å². The van der Waals surface area contributed by atoms with E-state index in [1.807, 2.05) is 55.5 Å². The van der Waals surface area contributed by atoms with Crippen LogP contribution in [0.1, 0.15) is 25.2 Å². The van der Waals surface area contributed by atoms with Gasteiger partial charge in [-0.15, -0.1) is 0 Å². The van der Waals surface area contributed by atoms with Crippen molar-refractivity contribution in [2.75, 3.05) is 11.9 Å². The Labute approximate surface area is 147 Å². The highest BCUT2D eigenvalue weighted by atomic mass is 16.5. The first-order valence-electron chi connectivity index (χ1n) is 8.47. The van der Waals surface area contributed by atoms with E-state index in [4.69, 9.17) is 4.74 Å². The van der Waals surface area contributed by atoms with Crippen LogP contribution in [-0.2, 0) is 17.6 Å². The number of para-hydroxylation sites is 2. The summed E-state index contributed by atoms with van der Waals surface area (Å²) >= 11 is 0. The molecule has 5 nitrogen and oxygen atoms in total. The zero-order chi connectivity index (χ0) is 17.6. The van der Waals surface area contributed by atoms with Crippen molar-refractivity contribution in [2.24, 2.45) is 0 Å². The van der Waals surface area contributed by atoms with E-state index in [1.54, 1.807) is 0 Å². The quantitative estimate of drug-likeness (QED) is 0.745. The van der Waals surface area contributed by atoms with Crippen molar-refractivity contribution in [3.63, 3.8) is 0 Å². The average molecular weight is 335 g/mol. The molecular formula is C20H21N3O2. The van der Waals surface area contributed by atoms with Gasteiger partial charge in [0, 0.05) is 12.1 Å². The van der Waals surface area contributed by atoms with Crippen LogP contribution in [-0.4, -0.2) is 22.5 Å². The Bertz CT molecular complexity index is 893. The van der Waals surface area contributed by atoms with Crippen molar-refractivity contribution in [3.8, 4) is 5.88 Å². The van der Waals surface area contributed by atoms with E-state index in [0.29, 0.717) is 18.1 Å². The average Bonchev–Trinajstić information content (AvgIpc) is 2.66. The topological polar surface area (TPSA) is 64.1 Å². The monoisotopic (exact) mass is 335 g/mol. The van der Waals surface area contributed by atoms with E-state index < -0.39 is 0 Å². The van der Waals surface area contributed by atoms with Crippen LogP contribution in [0.2, 0.25) is 0 Å². The molecule has 1 heterocycles. The number of fused-ring (bicyclic) bond motifs is 1. The molecule has 0 aliphatic carbocycles. The first kappa shape index (κ1) is 16.9. The van der Waals surface area contributed by atoms with Crippen LogP contribution in [0.25, 0.3) is 10.9 Å². The van der Waals surface area contributed by atoms with Gasteiger partial charge >= 0.3 is 0 Å². The van der Waals surface area contributed by atoms with Crippen LogP contribution >= 0.6 is 0 Å². The van der Waals surface area contributed by atoms with Gasteiger partial charge in [-0.3, -0.25) is 4.79 Å². The van der Waals surface area contributed by atoms with Crippen LogP contribution in [0.4, 0.5) is 5.69 Å². The lowest BCUT2D eigenvalue weighted by Gasteiger charge is -2.12. The Morgan fingerprint density at radius 2 is 1.76 bits per heavy atom. The molecule has 0 fully saturated rings. The van der Waals surface area contributed by atoms with Gasteiger partial charge in [0.15, 0.2) is 6.61 Å². The molecule has 1 amide bonds. The maximum absolute atomic E-state index is 12.3. The van der Waals surface area contributed by atoms with Crippen molar-refractivity contribution < 1.29 is 9.53 Å². The largest absolute Gasteiger partial charge is 0.467 e. The van der Waals surface area contributed by atoms with Crippen LogP contribution in [0, 0.1) is 0 Å². The summed E-state index contributed by atoms with van der Waals surface area (Å²) in [5.41, 5.74) is 2.73. The molecule has 0 saturated heterocycles. The lowest BCUT2D eigenvalue weighted by molar-refractivity contribution is -0.118. The molecule has 0 spiro atoms. The van der Waals surface area contributed by atoms with Gasteiger partial charge in [-0.05, 0) is 30.2 Å². The maximum atomic E-state index is 12.3. The van der Waals surface area contributed by atoms with Crippen molar-refractivity contribution >= 4 is 22.5 Å². The van der Waals surface area contributed by atoms with Gasteiger partial charge < -0.3 is 10.1 Å². The highest BCUT2D eigenvalue weighted by Gasteiger charge is 2.11. The predicted molar refractivity (Wildman–Crippen MR) is 98.9 cm³/mol. The summed E-state index contributed by atoms with van der Waals surface area (Å²) in [5, 5.41) is 3.71. The van der Waals surface area contributed by atoms with Crippen molar-refractivity contribution in [3.05, 3.63) is 59.9 Å². The van der Waals surface area contributed by atoms with Crippen LogP contribution in [0.5, 0.6) is 5.88 Å². The lowest BCUT2D eigenvalue weighted by atomic mass is 10.1. The number of carbonyl (C=O) groups is 1. The van der Waals surface area contributed by atoms with Gasteiger partial charge in [0.05, 0.1) is 10.9 Å². The molecule has 1 aromatic heterocycles. The second kappa shape index (κ2) is 7.75. The third-order valence-corrected chi connectivity index (χ3v) is 3.94. The molecule has 1 N–H and O–H groups in total. The SMILES string of the molecule is CCc1nc(OCC(=O)Nc2ccccc2CC)c2ccccc2n1. The molecule has 3 aromatic rings. The number of ether oxygens (including phenoxy) is 1. The van der Waals surface area contributed by atoms with Gasteiger partial charge in [0.1, 0.15) is 5.82 Å². The van der Waals surface area contributed by atoms with Crippen molar-refractivity contribution in [1.82, 2.24) is 9.97 Å². The maximum Gasteiger partial charge on any atom is 0.262 e. The van der Waals surface area contributed by atoms with Crippen LogP contribution in [0.15, 0.2) is 48.5 Å². The summed E-state index contributed by atoms with van der Waals surface area (Å²) in [6.07, 6.45) is 1.56. The standard InChI is InChI=1S/C20H21N3O2/c1-3-14-9-5-7-11-16(14)22-19(24)13-25-20-15-10-6-8-12-17(15)21-18(4-2)23-20/h5-12H,3-4,13H2,1-2H3,(H,22,24). The number of anilines is 1. The molecule has 25 heavy (non-hydrogen) atoms. The fraction of sp³-hybridized carbons (Fsp3) is 0.250. The number of hydrogen-bond acceptors (Lipinski definition) is 4. The first-order valence-corrected chi connectivity index (χ1v) is 8.47. The number of carbonyl (C=O) groups excluding carboxylic acids is 1. The molecule has 3 rings (SSSR count). The molecule has 0 saturated carbocycles. The van der Waals surface area contributed by atoms with E-state index in [2.05, 4.69) is 22.2 Å². The molecule has 5 heteroatoms. The van der Waals surface area contributed by atoms with E-state index in [0.717, 1.165) is 28.6 Å². The highest BCUT2D eigenvalue weighted by molar-refractivity contribution is 5.93. The zero-order valence-electron chi connectivity index (χ0n) is 14.5. The molecule has 0 bridgehead atoms. The Balaban J connectivity index is 1.75. The number of aryl methyl sites for hydroxylation is 2. The van der Waals surface area contributed by atoms with Gasteiger partial charge in [0.2, 0.25) is 5.88 Å². The van der Waals surface area contributed by atoms with E-state index in [-0.39, 0.29) is 12.5 Å². The summed E-state index contributed by atoms with van der Waals surface area (Å²) in [4.78, 5) is 21.2. The molecule has 128 valence electrons. The Morgan fingerprint density at radius 1 is 1.00 bits per heavy atom. The second-order valence-electron chi connectivity index (χ2n) is 5.66. The molecule has 2 aromatic carbocycles. The molecule has 0 aliphatic heterocycles. The zero-order valence-corrected chi connectivity index (χ0v) is 14.5. The van der Waals surface area contributed by atoms with Gasteiger partial charge in [0.25, 0.3) is 5.91 Å². The molecule has 0 radical (unpaired) electrons. The fourth-order valence-corrected chi connectivity index (χ4v) is 2.63. The summed E-state index contributed by atoms with van der Waals surface area (Å²) in [6.45, 7) is 3.95. The number of amides is 1. The number of benzene rings is 2. The van der Waals surface area contributed by atoms with Crippen LogP contribution < -0.4 is 10.1 Å². The predicted octanol–water partition coefficient (Wildman–Crippen LogP) is 3.77. The number of nitrogens with zero attached hydrogens (tertiary/aromatic N) is 2. The summed E-state index contributed by atoms with van der Waals surface area (Å²) < 4.78 is 5.71. The van der Waals surface area contributed by atoms with Gasteiger partial charge in [-0.1, -0.05) is 44.2 Å². The number of hydrogen-bond donors (Lipinski definition) is 1. The van der Waals surface area contributed by atoms with Crippen molar-refractivity contribution in [2.45, 2.75) is 26.7 Å². The van der Waals surface area contributed by atoms with E-state index in [9.17, 15) is 4.79 Å². The minimum atomic E-state index is -0.207. The van der Waals surface area contributed by atoms with E-state index in [1.165, 1.54) is 0 Å². The summed E-state index contributed by atoms with van der Waals surface area (Å²) in [6, 6.07) is 15.4.